The van der Waals surface area contributed by atoms with E-state index in [1.807, 2.05) is 24.4 Å². The number of hydrogen-bond donors (Lipinski definition) is 1. The number of carbonyl (C=O) groups excluding carboxylic acids is 1. The Hall–Kier alpha value is -3.19. The molecule has 3 aliphatic rings. The van der Waals surface area contributed by atoms with Gasteiger partial charge in [-0.15, -0.1) is 0 Å². The molecule has 7 heteroatoms. The predicted octanol–water partition coefficient (Wildman–Crippen LogP) is 4.22. The first kappa shape index (κ1) is 21.1. The lowest BCUT2D eigenvalue weighted by molar-refractivity contribution is 0.0553. The van der Waals surface area contributed by atoms with Gasteiger partial charge >= 0.3 is 0 Å². The van der Waals surface area contributed by atoms with Crippen molar-refractivity contribution in [2.24, 2.45) is 18.4 Å². The highest BCUT2D eigenvalue weighted by molar-refractivity contribution is 5.98. The maximum atomic E-state index is 13.5. The van der Waals surface area contributed by atoms with Crippen molar-refractivity contribution < 1.29 is 4.79 Å². The number of nitrogens with one attached hydrogen (secondary N) is 1. The Morgan fingerprint density at radius 2 is 2.11 bits per heavy atom. The third-order valence-corrected chi connectivity index (χ3v) is 8.43. The van der Waals surface area contributed by atoms with Gasteiger partial charge in [-0.2, -0.15) is 0 Å². The van der Waals surface area contributed by atoms with Crippen LogP contribution in [0.3, 0.4) is 0 Å². The summed E-state index contributed by atoms with van der Waals surface area (Å²) in [6.45, 7) is 4.79. The molecule has 1 saturated carbocycles. The first-order valence-electron chi connectivity index (χ1n) is 13.0. The van der Waals surface area contributed by atoms with Crippen molar-refractivity contribution in [2.45, 2.75) is 38.6 Å². The van der Waals surface area contributed by atoms with Crippen molar-refractivity contribution in [3.8, 4) is 11.5 Å². The summed E-state index contributed by atoms with van der Waals surface area (Å²) >= 11 is 0. The van der Waals surface area contributed by atoms with Crippen LogP contribution in [0.5, 0.6) is 0 Å². The van der Waals surface area contributed by atoms with Crippen LogP contribution in [0.1, 0.15) is 42.5 Å². The average molecular weight is 469 g/mol. The molecule has 5 heterocycles. The second-order valence-electron chi connectivity index (χ2n) is 11.0. The van der Waals surface area contributed by atoms with E-state index < -0.39 is 0 Å². The summed E-state index contributed by atoms with van der Waals surface area (Å²) in [5.41, 5.74) is 5.05. The number of benzene rings is 1. The van der Waals surface area contributed by atoms with Crippen LogP contribution in [0.25, 0.3) is 33.6 Å². The molecule has 2 aliphatic heterocycles. The minimum absolute atomic E-state index is 0.136. The Labute approximate surface area is 205 Å². The van der Waals surface area contributed by atoms with Gasteiger partial charge in [0.2, 0.25) is 0 Å². The number of nitrogens with zero attached hydrogens (tertiary/aromatic N) is 5. The predicted molar refractivity (Wildman–Crippen MR) is 137 cm³/mol. The first-order chi connectivity index (χ1) is 17.1. The van der Waals surface area contributed by atoms with Crippen LogP contribution < -0.4 is 5.32 Å². The van der Waals surface area contributed by atoms with E-state index in [9.17, 15) is 4.79 Å². The standard InChI is InChI=1S/C28H32N6O/c1-32-23-8-7-21(27(35)33-13-3-9-28(18-33)10-12-29-17-28)14-22(23)31-26(32)24-15-20-4-2-11-30-25(20)34(24)16-19-5-6-19/h2,4,7-8,11,14-15,19,29H,3,5-6,9-10,12-13,16-18H2,1H3/t28-/m0/s1. The van der Waals surface area contributed by atoms with E-state index in [1.54, 1.807) is 0 Å². The molecule has 0 unspecified atom stereocenters. The van der Waals surface area contributed by atoms with Gasteiger partial charge in [0.15, 0.2) is 5.82 Å². The van der Waals surface area contributed by atoms with E-state index in [1.165, 1.54) is 25.7 Å². The molecular formula is C28H32N6O. The topological polar surface area (TPSA) is 68.0 Å². The number of hydrogen-bond acceptors (Lipinski definition) is 4. The summed E-state index contributed by atoms with van der Waals surface area (Å²) in [7, 11) is 2.07. The zero-order valence-electron chi connectivity index (χ0n) is 20.3. The Kier molecular flexibility index (Phi) is 4.78. The molecule has 2 saturated heterocycles. The van der Waals surface area contributed by atoms with E-state index in [0.29, 0.717) is 0 Å². The summed E-state index contributed by atoms with van der Waals surface area (Å²) < 4.78 is 4.49. The fourth-order valence-electron chi connectivity index (χ4n) is 6.29. The molecule has 1 aromatic carbocycles. The van der Waals surface area contributed by atoms with Gasteiger partial charge in [0, 0.05) is 55.8 Å². The van der Waals surface area contributed by atoms with Crippen LogP contribution in [-0.4, -0.2) is 56.1 Å². The number of amides is 1. The lowest BCUT2D eigenvalue weighted by Gasteiger charge is -2.40. The fourth-order valence-corrected chi connectivity index (χ4v) is 6.29. The monoisotopic (exact) mass is 468 g/mol. The number of aryl methyl sites for hydroxylation is 1. The molecule has 7 nitrogen and oxygen atoms in total. The highest BCUT2D eigenvalue weighted by Gasteiger charge is 2.39. The van der Waals surface area contributed by atoms with Crippen LogP contribution >= 0.6 is 0 Å². The molecule has 4 aromatic rings. The van der Waals surface area contributed by atoms with Gasteiger partial charge in [-0.3, -0.25) is 4.79 Å². The molecule has 35 heavy (non-hydrogen) atoms. The second-order valence-corrected chi connectivity index (χ2v) is 11.0. The number of fused-ring (bicyclic) bond motifs is 2. The number of aromatic nitrogens is 4. The van der Waals surface area contributed by atoms with Crippen molar-refractivity contribution in [3.63, 3.8) is 0 Å². The van der Waals surface area contributed by atoms with Gasteiger partial charge in [-0.1, -0.05) is 0 Å². The Morgan fingerprint density at radius 1 is 1.20 bits per heavy atom. The van der Waals surface area contributed by atoms with Gasteiger partial charge in [-0.05, 0) is 81.0 Å². The van der Waals surface area contributed by atoms with E-state index in [-0.39, 0.29) is 11.3 Å². The summed E-state index contributed by atoms with van der Waals surface area (Å²) in [5.74, 6) is 1.79. The normalized spacial score (nSPS) is 22.6. The van der Waals surface area contributed by atoms with Crippen LogP contribution in [0.15, 0.2) is 42.6 Å². The van der Waals surface area contributed by atoms with Crippen molar-refractivity contribution in [1.29, 1.82) is 0 Å². The highest BCUT2D eigenvalue weighted by atomic mass is 16.2. The van der Waals surface area contributed by atoms with Gasteiger partial charge < -0.3 is 19.4 Å². The zero-order chi connectivity index (χ0) is 23.6. The minimum atomic E-state index is 0.136. The first-order valence-corrected chi connectivity index (χ1v) is 13.0. The third kappa shape index (κ3) is 3.56. The van der Waals surface area contributed by atoms with Gasteiger partial charge in [0.05, 0.1) is 16.7 Å². The van der Waals surface area contributed by atoms with Crippen LogP contribution in [0, 0.1) is 11.3 Å². The van der Waals surface area contributed by atoms with Crippen molar-refractivity contribution in [1.82, 2.24) is 29.3 Å². The molecule has 1 aliphatic carbocycles. The van der Waals surface area contributed by atoms with Crippen LogP contribution in [0.4, 0.5) is 0 Å². The van der Waals surface area contributed by atoms with E-state index in [4.69, 9.17) is 4.98 Å². The molecule has 3 aromatic heterocycles. The SMILES string of the molecule is Cn1c(-c2cc3cccnc3n2CC2CC2)nc2cc(C(=O)N3CCC[C@@]4(CCNC4)C3)ccc21. The number of imidazole rings is 1. The minimum Gasteiger partial charge on any atom is -0.338 e. The van der Waals surface area contributed by atoms with Crippen molar-refractivity contribution in [2.75, 3.05) is 26.2 Å². The Morgan fingerprint density at radius 3 is 2.94 bits per heavy atom. The van der Waals surface area contributed by atoms with Crippen LogP contribution in [0.2, 0.25) is 0 Å². The Bertz CT molecular complexity index is 1440. The largest absolute Gasteiger partial charge is 0.338 e. The van der Waals surface area contributed by atoms with Gasteiger partial charge in [-0.25, -0.2) is 9.97 Å². The molecule has 1 atom stereocenters. The summed E-state index contributed by atoms with van der Waals surface area (Å²) in [5, 5.41) is 4.65. The molecule has 0 bridgehead atoms. The summed E-state index contributed by atoms with van der Waals surface area (Å²) in [6, 6.07) is 12.3. The summed E-state index contributed by atoms with van der Waals surface area (Å²) in [4.78, 5) is 25.3. The van der Waals surface area contributed by atoms with E-state index in [2.05, 4.69) is 49.6 Å². The number of rotatable bonds is 4. The van der Waals surface area contributed by atoms with Gasteiger partial charge in [0.1, 0.15) is 5.65 Å². The maximum Gasteiger partial charge on any atom is 0.253 e. The maximum absolute atomic E-state index is 13.5. The smallest absolute Gasteiger partial charge is 0.253 e. The number of piperidine rings is 1. The molecule has 1 N–H and O–H groups in total. The molecule has 7 rings (SSSR count). The molecular weight excluding hydrogens is 436 g/mol. The van der Waals surface area contributed by atoms with Crippen molar-refractivity contribution >= 4 is 28.0 Å². The number of pyridine rings is 1. The molecule has 0 radical (unpaired) electrons. The van der Waals surface area contributed by atoms with Crippen LogP contribution in [-0.2, 0) is 13.6 Å². The molecule has 1 spiro atoms. The quantitative estimate of drug-likeness (QED) is 0.487. The van der Waals surface area contributed by atoms with Gasteiger partial charge in [0.25, 0.3) is 5.91 Å². The molecule has 180 valence electrons. The lowest BCUT2D eigenvalue weighted by atomic mass is 9.79. The second kappa shape index (κ2) is 7.92. The average Bonchev–Trinajstić information content (AvgIpc) is 3.34. The van der Waals surface area contributed by atoms with E-state index >= 15 is 0 Å². The fraction of sp³-hybridized carbons (Fsp3) is 0.464. The summed E-state index contributed by atoms with van der Waals surface area (Å²) in [6.07, 6.45) is 7.92. The van der Waals surface area contributed by atoms with Crippen molar-refractivity contribution in [3.05, 3.63) is 48.2 Å². The Balaban J connectivity index is 1.25. The zero-order valence-corrected chi connectivity index (χ0v) is 20.3. The number of likely N-dealkylation sites (tertiary alicyclic amines) is 1. The lowest BCUT2D eigenvalue weighted by Crippen LogP contribution is -2.47. The third-order valence-electron chi connectivity index (χ3n) is 8.43. The highest BCUT2D eigenvalue weighted by Crippen LogP contribution is 2.37. The van der Waals surface area contributed by atoms with E-state index in [0.717, 1.165) is 84.2 Å². The number of carbonyl (C=O) groups is 1. The molecule has 1 amide bonds. The molecule has 3 fully saturated rings.